The lowest BCUT2D eigenvalue weighted by Gasteiger charge is -2.17. The van der Waals surface area contributed by atoms with Crippen molar-refractivity contribution < 1.29 is 28.2 Å². The van der Waals surface area contributed by atoms with Crippen molar-refractivity contribution in [1.82, 2.24) is 10.3 Å². The van der Waals surface area contributed by atoms with Crippen molar-refractivity contribution in [1.29, 1.82) is 0 Å². The van der Waals surface area contributed by atoms with Crippen LogP contribution in [0.5, 0.6) is 5.88 Å². The topological polar surface area (TPSA) is 128 Å². The molecule has 0 aliphatic heterocycles. The van der Waals surface area contributed by atoms with E-state index in [2.05, 4.69) is 10.3 Å². The van der Waals surface area contributed by atoms with Crippen molar-refractivity contribution in [3.05, 3.63) is 59.2 Å². The van der Waals surface area contributed by atoms with Crippen molar-refractivity contribution >= 4 is 22.8 Å². The number of carbonyl (C=O) groups excluding carboxylic acids is 2. The van der Waals surface area contributed by atoms with Gasteiger partial charge in [-0.1, -0.05) is 18.2 Å². The average molecular weight is 401 g/mol. The van der Waals surface area contributed by atoms with Gasteiger partial charge in [0.05, 0.1) is 17.9 Å². The van der Waals surface area contributed by atoms with Gasteiger partial charge < -0.3 is 25.3 Å². The van der Waals surface area contributed by atoms with Crippen molar-refractivity contribution in [3.8, 4) is 5.88 Å². The number of nitrogens with one attached hydrogen (secondary N) is 1. The molecule has 29 heavy (non-hydrogen) atoms. The zero-order valence-corrected chi connectivity index (χ0v) is 15.8. The Morgan fingerprint density at radius 1 is 1.38 bits per heavy atom. The number of nitrogens with zero attached hydrogens (tertiary/aromatic N) is 1. The van der Waals surface area contributed by atoms with Crippen LogP contribution in [0.25, 0.3) is 11.0 Å². The maximum atomic E-state index is 13.7. The summed E-state index contributed by atoms with van der Waals surface area (Å²) < 4.78 is 24.8. The summed E-state index contributed by atoms with van der Waals surface area (Å²) >= 11 is 0. The predicted molar refractivity (Wildman–Crippen MR) is 102 cm³/mol. The summed E-state index contributed by atoms with van der Waals surface area (Å²) in [5.41, 5.74) is 6.07. The minimum Gasteiger partial charge on any atom is -0.473 e. The molecule has 2 heterocycles. The molecule has 0 unspecified atom stereocenters. The van der Waals surface area contributed by atoms with Gasteiger partial charge in [-0.3, -0.25) is 9.59 Å². The number of benzene rings is 1. The summed E-state index contributed by atoms with van der Waals surface area (Å²) in [6.07, 6.45) is 0.215. The van der Waals surface area contributed by atoms with E-state index >= 15 is 0 Å². The molecule has 0 bridgehead atoms. The van der Waals surface area contributed by atoms with Gasteiger partial charge in [-0.25, -0.2) is 9.37 Å². The Bertz CT molecular complexity index is 1060. The highest BCUT2D eigenvalue weighted by Crippen LogP contribution is 2.28. The van der Waals surface area contributed by atoms with Crippen LogP contribution in [0.15, 0.2) is 40.9 Å². The van der Waals surface area contributed by atoms with E-state index in [1.54, 1.807) is 25.1 Å². The number of amides is 2. The molecule has 4 N–H and O–H groups in total. The zero-order chi connectivity index (χ0) is 21.1. The van der Waals surface area contributed by atoms with Crippen LogP contribution >= 0.6 is 0 Å². The monoisotopic (exact) mass is 401 g/mol. The van der Waals surface area contributed by atoms with Crippen LogP contribution in [0.1, 0.15) is 28.6 Å². The largest absolute Gasteiger partial charge is 0.473 e. The maximum Gasteiger partial charge on any atom is 0.256 e. The van der Waals surface area contributed by atoms with Gasteiger partial charge in [-0.2, -0.15) is 0 Å². The number of hydrogen-bond donors (Lipinski definition) is 3. The van der Waals surface area contributed by atoms with E-state index in [0.29, 0.717) is 22.3 Å². The lowest BCUT2D eigenvalue weighted by atomic mass is 10.1. The molecule has 9 heteroatoms. The van der Waals surface area contributed by atoms with Crippen LogP contribution in [0, 0.1) is 12.7 Å². The van der Waals surface area contributed by atoms with Crippen LogP contribution in [-0.4, -0.2) is 34.1 Å². The molecular weight excluding hydrogens is 381 g/mol. The van der Waals surface area contributed by atoms with Crippen molar-refractivity contribution in [2.75, 3.05) is 0 Å². The lowest BCUT2D eigenvalue weighted by Crippen LogP contribution is -2.50. The Kier molecular flexibility index (Phi) is 5.79. The number of halogens is 1. The molecule has 0 aliphatic carbocycles. The smallest absolute Gasteiger partial charge is 0.256 e. The maximum absolute atomic E-state index is 13.7. The van der Waals surface area contributed by atoms with Crippen LogP contribution < -0.4 is 15.8 Å². The SMILES string of the molecule is Cc1oc2cnc(OCc3ccccc3F)cc2c1C(=O)N[C@H](C(N)=O)[C@@H](C)O. The highest BCUT2D eigenvalue weighted by molar-refractivity contribution is 6.08. The number of furan rings is 1. The number of aliphatic hydroxyl groups excluding tert-OH is 1. The van der Waals surface area contributed by atoms with Crippen molar-refractivity contribution in [2.45, 2.75) is 32.6 Å². The summed E-state index contributed by atoms with van der Waals surface area (Å²) in [6.45, 7) is 2.88. The van der Waals surface area contributed by atoms with Gasteiger partial charge in [0.25, 0.3) is 5.91 Å². The molecule has 0 aliphatic rings. The predicted octanol–water partition coefficient (Wildman–Crippen LogP) is 1.82. The van der Waals surface area contributed by atoms with Gasteiger partial charge in [0.1, 0.15) is 24.2 Å². The number of fused-ring (bicyclic) bond motifs is 1. The van der Waals surface area contributed by atoms with Crippen molar-refractivity contribution in [2.24, 2.45) is 5.73 Å². The summed E-state index contributed by atoms with van der Waals surface area (Å²) in [5, 5.41) is 12.5. The normalized spacial score (nSPS) is 13.1. The molecule has 0 saturated carbocycles. The molecule has 1 aromatic carbocycles. The molecule has 8 nitrogen and oxygen atoms in total. The van der Waals surface area contributed by atoms with Gasteiger partial charge >= 0.3 is 0 Å². The van der Waals surface area contributed by atoms with Gasteiger partial charge in [0, 0.05) is 17.0 Å². The lowest BCUT2D eigenvalue weighted by molar-refractivity contribution is -0.122. The molecule has 2 amide bonds. The third kappa shape index (κ3) is 4.35. The molecule has 2 atom stereocenters. The molecule has 0 fully saturated rings. The first-order chi connectivity index (χ1) is 13.8. The first kappa shape index (κ1) is 20.3. The van der Waals surface area contributed by atoms with E-state index < -0.39 is 29.8 Å². The second-order valence-electron chi connectivity index (χ2n) is 6.53. The number of primary amides is 1. The molecule has 152 valence electrons. The first-order valence-corrected chi connectivity index (χ1v) is 8.81. The molecular formula is C20H20FN3O5. The van der Waals surface area contributed by atoms with Crippen LogP contribution in [0.4, 0.5) is 4.39 Å². The molecule has 0 spiro atoms. The van der Waals surface area contributed by atoms with Gasteiger partial charge in [0.2, 0.25) is 11.8 Å². The number of hydrogen-bond acceptors (Lipinski definition) is 6. The van der Waals surface area contributed by atoms with Gasteiger partial charge in [-0.05, 0) is 19.9 Å². The van der Waals surface area contributed by atoms with E-state index in [1.165, 1.54) is 25.3 Å². The fourth-order valence-corrected chi connectivity index (χ4v) is 2.88. The van der Waals surface area contributed by atoms with E-state index in [9.17, 15) is 19.1 Å². The Morgan fingerprint density at radius 2 is 2.10 bits per heavy atom. The molecule has 2 aromatic heterocycles. The number of rotatable bonds is 7. The molecule has 3 aromatic rings. The third-order valence-corrected chi connectivity index (χ3v) is 4.36. The summed E-state index contributed by atoms with van der Waals surface area (Å²) in [4.78, 5) is 28.3. The first-order valence-electron chi connectivity index (χ1n) is 8.81. The number of ether oxygens (including phenoxy) is 1. The molecule has 0 radical (unpaired) electrons. The van der Waals surface area contributed by atoms with E-state index in [0.717, 1.165) is 0 Å². The van der Waals surface area contributed by atoms with E-state index in [1.807, 2.05) is 0 Å². The molecule has 0 saturated heterocycles. The number of pyridine rings is 1. The fourth-order valence-electron chi connectivity index (χ4n) is 2.88. The van der Waals surface area contributed by atoms with Crippen LogP contribution in [0.2, 0.25) is 0 Å². The highest BCUT2D eigenvalue weighted by atomic mass is 19.1. The minimum atomic E-state index is -1.26. The third-order valence-electron chi connectivity index (χ3n) is 4.36. The standard InChI is InChI=1S/C20H20FN3O5/c1-10(25)18(19(22)26)24-20(27)17-11(2)29-15-8-23-16(7-13(15)17)28-9-12-5-3-4-6-14(12)21/h3-8,10,18,25H,9H2,1-2H3,(H2,22,26)(H,24,27)/t10-,18+/m1/s1. The number of aromatic nitrogens is 1. The Hall–Kier alpha value is -3.46. The second kappa shape index (κ2) is 8.27. The summed E-state index contributed by atoms with van der Waals surface area (Å²) in [6, 6.07) is 6.42. The van der Waals surface area contributed by atoms with Gasteiger partial charge in [-0.15, -0.1) is 0 Å². The Labute approximate surface area is 165 Å². The summed E-state index contributed by atoms with van der Waals surface area (Å²) in [5.74, 6) is -1.45. The molecule has 3 rings (SSSR count). The number of carbonyl (C=O) groups is 2. The van der Waals surface area contributed by atoms with Crippen LogP contribution in [0.3, 0.4) is 0 Å². The highest BCUT2D eigenvalue weighted by Gasteiger charge is 2.27. The quantitative estimate of drug-likeness (QED) is 0.554. The second-order valence-corrected chi connectivity index (χ2v) is 6.53. The fraction of sp³-hybridized carbons (Fsp3) is 0.250. The Morgan fingerprint density at radius 3 is 2.76 bits per heavy atom. The number of aliphatic hydroxyl groups is 1. The number of aryl methyl sites for hydroxylation is 1. The average Bonchev–Trinajstić information content (AvgIpc) is 2.99. The Balaban J connectivity index is 1.87. The van der Waals surface area contributed by atoms with Crippen LogP contribution in [-0.2, 0) is 11.4 Å². The zero-order valence-electron chi connectivity index (χ0n) is 15.8. The van der Waals surface area contributed by atoms with Gasteiger partial charge in [0.15, 0.2) is 5.58 Å². The van der Waals surface area contributed by atoms with E-state index in [4.69, 9.17) is 14.9 Å². The minimum absolute atomic E-state index is 0.0463. The number of nitrogens with two attached hydrogens (primary N) is 1. The van der Waals surface area contributed by atoms with E-state index in [-0.39, 0.29) is 18.1 Å². The summed E-state index contributed by atoms with van der Waals surface area (Å²) in [7, 11) is 0. The van der Waals surface area contributed by atoms with Crippen molar-refractivity contribution in [3.63, 3.8) is 0 Å².